The zero-order valence-corrected chi connectivity index (χ0v) is 22.1. The van der Waals surface area contributed by atoms with Crippen LogP contribution in [0.2, 0.25) is 0 Å². The van der Waals surface area contributed by atoms with Gasteiger partial charge in [0.15, 0.2) is 16.5 Å². The third-order valence-electron chi connectivity index (χ3n) is 5.51. The molecule has 0 saturated carbocycles. The number of aliphatic imine (C=N–C) groups is 1. The molecule has 0 saturated heterocycles. The van der Waals surface area contributed by atoms with E-state index < -0.39 is 47.5 Å². The maximum atomic E-state index is 12.7. The standard InChI is InChI=1S/C22H29N5O7S2/c1-6-14(16-10-13(11-34-16)12(2)3)25-22-18(20(21(23)29)35(30,31)26-22)24-15-8-7-9-17(19(15)28)36(32,33)27(4)5/h7-12,14,24,28H,6H2,1-5H3,(H2,23,29)(H,25,26). The van der Waals surface area contributed by atoms with E-state index in [1.807, 2.05) is 26.8 Å². The number of aromatic hydroxyl groups is 1. The van der Waals surface area contributed by atoms with Crippen LogP contribution < -0.4 is 15.8 Å². The number of hydrogen-bond donors (Lipinski definition) is 4. The lowest BCUT2D eigenvalue weighted by molar-refractivity contribution is -0.113. The highest BCUT2D eigenvalue weighted by molar-refractivity contribution is 7.95. The summed E-state index contributed by atoms with van der Waals surface area (Å²) in [6.07, 6.45) is 2.03. The molecule has 12 nitrogen and oxygen atoms in total. The van der Waals surface area contributed by atoms with E-state index in [9.17, 15) is 26.7 Å². The first-order valence-electron chi connectivity index (χ1n) is 11.0. The highest BCUT2D eigenvalue weighted by atomic mass is 32.2. The third-order valence-corrected chi connectivity index (χ3v) is 8.76. The quantitative estimate of drug-likeness (QED) is 0.348. The fourth-order valence-electron chi connectivity index (χ4n) is 3.45. The molecule has 36 heavy (non-hydrogen) atoms. The molecule has 2 aromatic rings. The number of carbonyl (C=O) groups is 1. The number of primary amides is 1. The number of nitrogens with zero attached hydrogens (tertiary/aromatic N) is 2. The number of amides is 1. The molecule has 0 fully saturated rings. The summed E-state index contributed by atoms with van der Waals surface area (Å²) in [5, 5.41) is 13.3. The van der Waals surface area contributed by atoms with Crippen molar-refractivity contribution in [1.29, 1.82) is 0 Å². The SMILES string of the molecule is CCC(N=C1NS(=O)(=O)C(C(N)=O)=C1Nc1cccc(S(=O)(=O)N(C)C)c1O)c1cc(C(C)C)co1. The number of amidine groups is 1. The van der Waals surface area contributed by atoms with Gasteiger partial charge in [-0.1, -0.05) is 26.8 Å². The van der Waals surface area contributed by atoms with Crippen molar-refractivity contribution in [2.45, 2.75) is 44.0 Å². The van der Waals surface area contributed by atoms with E-state index >= 15 is 0 Å². The average molecular weight is 540 g/mol. The van der Waals surface area contributed by atoms with Crippen molar-refractivity contribution in [2.75, 3.05) is 19.4 Å². The Bertz CT molecular complexity index is 1460. The number of benzene rings is 1. The van der Waals surface area contributed by atoms with Crippen molar-refractivity contribution in [1.82, 2.24) is 9.03 Å². The zero-order chi connectivity index (χ0) is 27.0. The van der Waals surface area contributed by atoms with Crippen molar-refractivity contribution in [3.05, 3.63) is 52.5 Å². The van der Waals surface area contributed by atoms with Crippen molar-refractivity contribution < 1.29 is 31.2 Å². The Balaban J connectivity index is 2.15. The molecule has 0 bridgehead atoms. The monoisotopic (exact) mass is 539 g/mol. The first-order valence-corrected chi connectivity index (χ1v) is 13.9. The predicted molar refractivity (Wildman–Crippen MR) is 134 cm³/mol. The van der Waals surface area contributed by atoms with Gasteiger partial charge in [0.05, 0.1) is 12.0 Å². The van der Waals surface area contributed by atoms with Gasteiger partial charge in [0.1, 0.15) is 22.4 Å². The van der Waals surface area contributed by atoms with E-state index in [0.717, 1.165) is 9.87 Å². The predicted octanol–water partition coefficient (Wildman–Crippen LogP) is 1.95. The summed E-state index contributed by atoms with van der Waals surface area (Å²) in [6.45, 7) is 5.81. The minimum Gasteiger partial charge on any atom is -0.504 e. The number of phenols is 1. The number of phenolic OH excluding ortho intramolecular Hbond substituents is 1. The Morgan fingerprint density at radius 1 is 1.31 bits per heavy atom. The molecule has 1 atom stereocenters. The van der Waals surface area contributed by atoms with Crippen molar-refractivity contribution in [2.24, 2.45) is 10.7 Å². The van der Waals surface area contributed by atoms with Gasteiger partial charge >= 0.3 is 0 Å². The number of nitrogens with two attached hydrogens (primary N) is 1. The van der Waals surface area contributed by atoms with Gasteiger partial charge in [0, 0.05) is 14.1 Å². The van der Waals surface area contributed by atoms with Gasteiger partial charge in [-0.15, -0.1) is 0 Å². The van der Waals surface area contributed by atoms with Gasteiger partial charge in [0.25, 0.3) is 15.9 Å². The Morgan fingerprint density at radius 3 is 2.50 bits per heavy atom. The molecular formula is C22H29N5O7S2. The first kappa shape index (κ1) is 27.2. The summed E-state index contributed by atoms with van der Waals surface area (Å²) in [6, 6.07) is 5.06. The molecule has 2 heterocycles. The van der Waals surface area contributed by atoms with Gasteiger partial charge in [-0.25, -0.2) is 21.1 Å². The lowest BCUT2D eigenvalue weighted by atomic mass is 10.1. The Hall–Kier alpha value is -3.36. The summed E-state index contributed by atoms with van der Waals surface area (Å²) < 4.78 is 59.4. The van der Waals surface area contributed by atoms with Crippen LogP contribution in [0.5, 0.6) is 5.75 Å². The molecule has 1 aromatic heterocycles. The fourth-order valence-corrected chi connectivity index (χ4v) is 5.65. The van der Waals surface area contributed by atoms with Gasteiger partial charge < -0.3 is 20.6 Å². The maximum absolute atomic E-state index is 12.7. The van der Waals surface area contributed by atoms with Crippen LogP contribution in [-0.4, -0.2) is 52.1 Å². The highest BCUT2D eigenvalue weighted by Gasteiger charge is 2.39. The molecule has 0 spiro atoms. The maximum Gasteiger partial charge on any atom is 0.270 e. The largest absolute Gasteiger partial charge is 0.504 e. The third kappa shape index (κ3) is 5.10. The summed E-state index contributed by atoms with van der Waals surface area (Å²) in [5.74, 6) is -1.49. The van der Waals surface area contributed by atoms with Gasteiger partial charge in [-0.3, -0.25) is 14.5 Å². The van der Waals surface area contributed by atoms with Gasteiger partial charge in [-0.05, 0) is 36.1 Å². The fraction of sp³-hybridized carbons (Fsp3) is 0.364. The Kier molecular flexibility index (Phi) is 7.53. The molecule has 0 aliphatic carbocycles. The van der Waals surface area contributed by atoms with Crippen LogP contribution >= 0.6 is 0 Å². The topological polar surface area (TPSA) is 184 Å². The first-order chi connectivity index (χ1) is 16.7. The number of furan rings is 1. The second kappa shape index (κ2) is 9.95. The van der Waals surface area contributed by atoms with Gasteiger partial charge in [0.2, 0.25) is 10.0 Å². The molecule has 196 valence electrons. The van der Waals surface area contributed by atoms with Crippen LogP contribution in [0, 0.1) is 0 Å². The highest BCUT2D eigenvalue weighted by Crippen LogP contribution is 2.35. The number of sulfonamides is 2. The molecule has 14 heteroatoms. The summed E-state index contributed by atoms with van der Waals surface area (Å²) in [4.78, 5) is 15.4. The van der Waals surface area contributed by atoms with Crippen molar-refractivity contribution in [3.8, 4) is 5.75 Å². The molecule has 1 amide bonds. The van der Waals surface area contributed by atoms with Crippen molar-refractivity contribution in [3.63, 3.8) is 0 Å². The molecule has 5 N–H and O–H groups in total. The summed E-state index contributed by atoms with van der Waals surface area (Å²) >= 11 is 0. The van der Waals surface area contributed by atoms with E-state index in [0.29, 0.717) is 12.2 Å². The number of hydrogen-bond acceptors (Lipinski definition) is 9. The Morgan fingerprint density at radius 2 is 1.97 bits per heavy atom. The number of carbonyl (C=O) groups excluding carboxylic acids is 1. The lowest BCUT2D eigenvalue weighted by Gasteiger charge is -2.16. The van der Waals surface area contributed by atoms with E-state index in [1.54, 1.807) is 6.26 Å². The van der Waals surface area contributed by atoms with Crippen LogP contribution in [0.4, 0.5) is 5.69 Å². The van der Waals surface area contributed by atoms with Crippen LogP contribution in [0.15, 0.2) is 55.4 Å². The van der Waals surface area contributed by atoms with Crippen LogP contribution in [0.3, 0.4) is 0 Å². The number of rotatable bonds is 9. The molecule has 1 aliphatic rings. The molecule has 3 rings (SSSR count). The zero-order valence-electron chi connectivity index (χ0n) is 20.4. The minimum absolute atomic E-state index is 0.175. The Labute approximate surface area is 210 Å². The smallest absolute Gasteiger partial charge is 0.270 e. The second-order valence-corrected chi connectivity index (χ2v) is 12.3. The molecule has 1 aliphatic heterocycles. The van der Waals surface area contributed by atoms with E-state index in [1.165, 1.54) is 32.3 Å². The van der Waals surface area contributed by atoms with Crippen LogP contribution in [0.25, 0.3) is 0 Å². The summed E-state index contributed by atoms with van der Waals surface area (Å²) in [5.41, 5.74) is 5.81. The van der Waals surface area contributed by atoms with Gasteiger partial charge in [-0.2, -0.15) is 0 Å². The number of nitrogens with one attached hydrogen (secondary N) is 2. The average Bonchev–Trinajstić information content (AvgIpc) is 3.35. The molecular weight excluding hydrogens is 510 g/mol. The summed E-state index contributed by atoms with van der Waals surface area (Å²) in [7, 11) is -5.83. The number of anilines is 1. The van der Waals surface area contributed by atoms with Crippen LogP contribution in [0.1, 0.15) is 50.5 Å². The molecule has 0 radical (unpaired) electrons. The van der Waals surface area contributed by atoms with E-state index in [2.05, 4.69) is 15.0 Å². The van der Waals surface area contributed by atoms with E-state index in [4.69, 9.17) is 10.2 Å². The molecule has 1 aromatic carbocycles. The van der Waals surface area contributed by atoms with Crippen molar-refractivity contribution >= 4 is 37.5 Å². The van der Waals surface area contributed by atoms with Crippen LogP contribution in [-0.2, 0) is 24.8 Å². The normalized spacial score (nSPS) is 17.6. The number of para-hydroxylation sites is 1. The minimum atomic E-state index is -4.39. The van der Waals surface area contributed by atoms with E-state index in [-0.39, 0.29) is 23.1 Å². The second-order valence-electron chi connectivity index (χ2n) is 8.58. The molecule has 1 unspecified atom stereocenters. The lowest BCUT2D eigenvalue weighted by Crippen LogP contribution is -2.28.